The molecule has 1 aromatic heterocycles. The third-order valence-electron chi connectivity index (χ3n) is 3.29. The number of benzene rings is 1. The minimum atomic E-state index is -0.00345. The largest absolute Gasteiger partial charge is 0.488 e. The first-order valence-corrected chi connectivity index (χ1v) is 7.62. The molecule has 0 radical (unpaired) electrons. The van der Waals surface area contributed by atoms with Gasteiger partial charge in [-0.25, -0.2) is 4.98 Å². The molecule has 4 nitrogen and oxygen atoms in total. The molecule has 2 aromatic rings. The van der Waals surface area contributed by atoms with Crippen LogP contribution >= 0.6 is 11.5 Å². The van der Waals surface area contributed by atoms with Gasteiger partial charge in [0.25, 0.3) is 0 Å². The van der Waals surface area contributed by atoms with E-state index in [9.17, 15) is 0 Å². The lowest BCUT2D eigenvalue weighted by atomic mass is 9.96. The van der Waals surface area contributed by atoms with Gasteiger partial charge in [0.15, 0.2) is 0 Å². The van der Waals surface area contributed by atoms with Crippen LogP contribution in [-0.2, 0) is 11.8 Å². The van der Waals surface area contributed by atoms with Crippen LogP contribution in [-0.4, -0.2) is 22.0 Å². The predicted octanol–water partition coefficient (Wildman–Crippen LogP) is 3.25. The van der Waals surface area contributed by atoms with E-state index in [1.165, 1.54) is 17.1 Å². The van der Waals surface area contributed by atoms with Crippen molar-refractivity contribution < 1.29 is 4.74 Å². The summed E-state index contributed by atoms with van der Waals surface area (Å²) in [6.07, 6.45) is 1.13. The number of nitrogens with one attached hydrogen (secondary N) is 1. The molecule has 0 spiro atoms. The van der Waals surface area contributed by atoms with E-state index < -0.39 is 0 Å². The van der Waals surface area contributed by atoms with Crippen LogP contribution < -0.4 is 10.1 Å². The molecular formula is C15H19N3OS. The fourth-order valence-corrected chi connectivity index (χ4v) is 2.93. The average Bonchev–Trinajstić information content (AvgIpc) is 3.02. The summed E-state index contributed by atoms with van der Waals surface area (Å²) in [7, 11) is 0. The maximum atomic E-state index is 5.90. The van der Waals surface area contributed by atoms with E-state index in [4.69, 9.17) is 4.74 Å². The van der Waals surface area contributed by atoms with E-state index in [1.54, 1.807) is 0 Å². The number of ether oxygens (including phenoxy) is 1. The van der Waals surface area contributed by atoms with Crippen molar-refractivity contribution in [2.75, 3.05) is 11.9 Å². The van der Waals surface area contributed by atoms with E-state index in [0.29, 0.717) is 0 Å². The van der Waals surface area contributed by atoms with Gasteiger partial charge >= 0.3 is 0 Å². The Morgan fingerprint density at radius 1 is 1.35 bits per heavy atom. The molecule has 1 N–H and O–H groups in total. The Labute approximate surface area is 123 Å². The van der Waals surface area contributed by atoms with Gasteiger partial charge in [-0.2, -0.15) is 4.37 Å². The van der Waals surface area contributed by atoms with Gasteiger partial charge in [0.05, 0.1) is 6.54 Å². The maximum Gasteiger partial charge on any atom is 0.202 e. The zero-order chi connectivity index (χ0) is 14.2. The summed E-state index contributed by atoms with van der Waals surface area (Å²) >= 11 is 1.42. The van der Waals surface area contributed by atoms with Crippen LogP contribution in [0.5, 0.6) is 5.75 Å². The lowest BCUT2D eigenvalue weighted by Gasteiger charge is -2.13. The van der Waals surface area contributed by atoms with E-state index in [0.717, 1.165) is 29.7 Å². The number of hydrogen-bond acceptors (Lipinski definition) is 5. The zero-order valence-corrected chi connectivity index (χ0v) is 12.8. The quantitative estimate of drug-likeness (QED) is 0.942. The lowest BCUT2D eigenvalue weighted by molar-refractivity contribution is 0.246. The minimum absolute atomic E-state index is 0.00345. The van der Waals surface area contributed by atoms with Crippen LogP contribution in [0.3, 0.4) is 0 Å². The van der Waals surface area contributed by atoms with E-state index >= 15 is 0 Å². The second-order valence-electron chi connectivity index (χ2n) is 6.11. The molecule has 1 aromatic carbocycles. The summed E-state index contributed by atoms with van der Waals surface area (Å²) < 4.78 is 10.3. The molecule has 106 valence electrons. The molecule has 1 aliphatic rings. The van der Waals surface area contributed by atoms with Crippen molar-refractivity contribution in [1.82, 2.24) is 9.36 Å². The lowest BCUT2D eigenvalue weighted by Crippen LogP contribution is -2.24. The molecule has 1 aliphatic heterocycles. The van der Waals surface area contributed by atoms with Crippen LogP contribution in [0.25, 0.3) is 0 Å². The van der Waals surface area contributed by atoms with Crippen LogP contribution in [0.4, 0.5) is 5.13 Å². The highest BCUT2D eigenvalue weighted by Crippen LogP contribution is 2.28. The van der Waals surface area contributed by atoms with Gasteiger partial charge in [-0.1, -0.05) is 39.0 Å². The first-order valence-electron chi connectivity index (χ1n) is 6.85. The Bertz CT molecular complexity index is 578. The van der Waals surface area contributed by atoms with Crippen LogP contribution in [0.15, 0.2) is 24.3 Å². The molecule has 3 rings (SSSR count). The SMILES string of the molecule is CC(C)(C)c1nsc(NCC2Cc3ccccc3O2)n1. The van der Waals surface area contributed by atoms with Crippen molar-refractivity contribution in [3.8, 4) is 5.75 Å². The standard InChI is InChI=1S/C15H19N3OS/c1-15(2,3)13-17-14(20-18-13)16-9-11-8-10-6-4-5-7-12(10)19-11/h4-7,11H,8-9H2,1-3H3,(H,16,17,18). The van der Waals surface area contributed by atoms with Crippen molar-refractivity contribution in [2.24, 2.45) is 0 Å². The molecule has 0 saturated carbocycles. The first kappa shape index (κ1) is 13.4. The molecule has 0 amide bonds. The molecule has 2 heterocycles. The maximum absolute atomic E-state index is 5.90. The molecule has 5 heteroatoms. The number of fused-ring (bicyclic) bond motifs is 1. The van der Waals surface area contributed by atoms with Crippen LogP contribution in [0.2, 0.25) is 0 Å². The molecule has 0 fully saturated rings. The average molecular weight is 289 g/mol. The number of nitrogens with zero attached hydrogens (tertiary/aromatic N) is 2. The number of hydrogen-bond donors (Lipinski definition) is 1. The molecule has 0 aliphatic carbocycles. The van der Waals surface area contributed by atoms with Gasteiger partial charge in [-0.05, 0) is 11.6 Å². The highest BCUT2D eigenvalue weighted by atomic mass is 32.1. The summed E-state index contributed by atoms with van der Waals surface area (Å²) in [6.45, 7) is 7.12. The van der Waals surface area contributed by atoms with Crippen molar-refractivity contribution in [2.45, 2.75) is 38.7 Å². The second-order valence-corrected chi connectivity index (χ2v) is 6.86. The Morgan fingerprint density at radius 2 is 2.15 bits per heavy atom. The Morgan fingerprint density at radius 3 is 2.85 bits per heavy atom. The molecule has 20 heavy (non-hydrogen) atoms. The van der Waals surface area contributed by atoms with Gasteiger partial charge in [-0.15, -0.1) is 0 Å². The number of anilines is 1. The summed E-state index contributed by atoms with van der Waals surface area (Å²) in [5.41, 5.74) is 1.28. The van der Waals surface area contributed by atoms with E-state index in [1.807, 2.05) is 12.1 Å². The van der Waals surface area contributed by atoms with Gasteiger partial charge < -0.3 is 10.1 Å². The molecule has 1 unspecified atom stereocenters. The number of aromatic nitrogens is 2. The van der Waals surface area contributed by atoms with Gasteiger partial charge in [0.1, 0.15) is 17.7 Å². The predicted molar refractivity (Wildman–Crippen MR) is 81.7 cm³/mol. The summed E-state index contributed by atoms with van der Waals surface area (Å²) in [4.78, 5) is 4.53. The first-order chi connectivity index (χ1) is 9.52. The zero-order valence-electron chi connectivity index (χ0n) is 12.0. The molecule has 1 atom stereocenters. The summed E-state index contributed by atoms with van der Waals surface area (Å²) in [5, 5.41) is 4.20. The molecule has 0 bridgehead atoms. The second kappa shape index (κ2) is 5.05. The third-order valence-corrected chi connectivity index (χ3v) is 3.96. The van der Waals surface area contributed by atoms with Gasteiger partial charge in [0, 0.05) is 23.4 Å². The van der Waals surface area contributed by atoms with E-state index in [2.05, 4.69) is 47.6 Å². The Balaban J connectivity index is 1.58. The monoisotopic (exact) mass is 289 g/mol. The van der Waals surface area contributed by atoms with Crippen molar-refractivity contribution in [1.29, 1.82) is 0 Å². The van der Waals surface area contributed by atoms with Crippen LogP contribution in [0.1, 0.15) is 32.2 Å². The van der Waals surface area contributed by atoms with E-state index in [-0.39, 0.29) is 11.5 Å². The third kappa shape index (κ3) is 2.77. The Kier molecular flexibility index (Phi) is 3.38. The van der Waals surface area contributed by atoms with Crippen LogP contribution in [0, 0.1) is 0 Å². The summed E-state index contributed by atoms with van der Waals surface area (Å²) in [6, 6.07) is 8.21. The van der Waals surface area contributed by atoms with Crippen molar-refractivity contribution in [3.63, 3.8) is 0 Å². The fourth-order valence-electron chi connectivity index (χ4n) is 2.17. The smallest absolute Gasteiger partial charge is 0.202 e. The molecular weight excluding hydrogens is 270 g/mol. The van der Waals surface area contributed by atoms with Crippen molar-refractivity contribution in [3.05, 3.63) is 35.7 Å². The topological polar surface area (TPSA) is 47.0 Å². The molecule has 0 saturated heterocycles. The Hall–Kier alpha value is -1.62. The van der Waals surface area contributed by atoms with Gasteiger partial charge in [0.2, 0.25) is 5.13 Å². The highest BCUT2D eigenvalue weighted by molar-refractivity contribution is 7.09. The minimum Gasteiger partial charge on any atom is -0.488 e. The van der Waals surface area contributed by atoms with Gasteiger partial charge in [-0.3, -0.25) is 0 Å². The highest BCUT2D eigenvalue weighted by Gasteiger charge is 2.23. The normalized spacial score (nSPS) is 17.6. The fraction of sp³-hybridized carbons (Fsp3) is 0.467. The number of rotatable bonds is 3. The number of para-hydroxylation sites is 1. The summed E-state index contributed by atoms with van der Waals surface area (Å²) in [5.74, 6) is 1.90. The van der Waals surface area contributed by atoms with Crippen molar-refractivity contribution >= 4 is 16.7 Å².